The number of ether oxygens (including phenoxy) is 1. The van der Waals surface area contributed by atoms with Gasteiger partial charge in [-0.05, 0) is 31.4 Å². The van der Waals surface area contributed by atoms with E-state index in [0.29, 0.717) is 13.0 Å². The largest absolute Gasteiger partial charge is 0.463 e. The van der Waals surface area contributed by atoms with Crippen molar-refractivity contribution in [2.45, 2.75) is 39.3 Å². The van der Waals surface area contributed by atoms with Crippen LogP contribution in [0, 0.1) is 0 Å². The highest BCUT2D eigenvalue weighted by atomic mass is 16.5. The Labute approximate surface area is 96.6 Å². The first-order valence-electron chi connectivity index (χ1n) is 5.59. The number of carbonyl (C=O) groups is 1. The van der Waals surface area contributed by atoms with Crippen LogP contribution in [-0.4, -0.2) is 12.1 Å². The first kappa shape index (κ1) is 12.7. The lowest BCUT2D eigenvalue weighted by molar-refractivity contribution is -0.147. The topological polar surface area (TPSA) is 52.3 Å². The quantitative estimate of drug-likeness (QED) is 0.774. The fourth-order valence-electron chi connectivity index (χ4n) is 1.41. The van der Waals surface area contributed by atoms with Gasteiger partial charge in [0, 0.05) is 13.0 Å². The summed E-state index contributed by atoms with van der Waals surface area (Å²) in [6.45, 7) is 4.26. The number of nitrogens with two attached hydrogens (primary N) is 1. The normalized spacial score (nSPS) is 10.5. The minimum atomic E-state index is -0.141. The number of benzene rings is 1. The Bertz CT molecular complexity index is 330. The minimum absolute atomic E-state index is 0.0351. The summed E-state index contributed by atoms with van der Waals surface area (Å²) in [4.78, 5) is 11.3. The lowest BCUT2D eigenvalue weighted by atomic mass is 10.1. The monoisotopic (exact) mass is 221 g/mol. The molecule has 0 heterocycles. The predicted octanol–water partition coefficient (Wildman–Crippen LogP) is 2.03. The average Bonchev–Trinajstić information content (AvgIpc) is 2.26. The third kappa shape index (κ3) is 4.45. The molecule has 1 aromatic rings. The molecular weight excluding hydrogens is 202 g/mol. The van der Waals surface area contributed by atoms with E-state index in [9.17, 15) is 4.79 Å². The van der Waals surface area contributed by atoms with E-state index in [1.165, 1.54) is 0 Å². The summed E-state index contributed by atoms with van der Waals surface area (Å²) in [6.07, 6.45) is 1.11. The number of hydrogen-bond acceptors (Lipinski definition) is 3. The van der Waals surface area contributed by atoms with Crippen molar-refractivity contribution in [3.8, 4) is 0 Å². The predicted molar refractivity (Wildman–Crippen MR) is 63.9 cm³/mol. The SMILES string of the molecule is CC(C)OC(=O)CCc1ccc(CN)cc1. The fourth-order valence-corrected chi connectivity index (χ4v) is 1.41. The molecule has 0 aliphatic rings. The van der Waals surface area contributed by atoms with Crippen LogP contribution in [0.15, 0.2) is 24.3 Å². The maximum Gasteiger partial charge on any atom is 0.306 e. The Balaban J connectivity index is 2.39. The molecular formula is C13H19NO2. The summed E-state index contributed by atoms with van der Waals surface area (Å²) < 4.78 is 5.06. The first-order valence-corrected chi connectivity index (χ1v) is 5.59. The zero-order chi connectivity index (χ0) is 12.0. The van der Waals surface area contributed by atoms with E-state index in [1.807, 2.05) is 38.1 Å². The van der Waals surface area contributed by atoms with E-state index in [2.05, 4.69) is 0 Å². The van der Waals surface area contributed by atoms with Crippen LogP contribution in [0.3, 0.4) is 0 Å². The molecule has 0 amide bonds. The molecule has 2 N–H and O–H groups in total. The highest BCUT2D eigenvalue weighted by molar-refractivity contribution is 5.69. The molecule has 0 aliphatic carbocycles. The van der Waals surface area contributed by atoms with Crippen LogP contribution in [0.1, 0.15) is 31.4 Å². The second-order valence-electron chi connectivity index (χ2n) is 4.06. The van der Waals surface area contributed by atoms with E-state index >= 15 is 0 Å². The Morgan fingerprint density at radius 1 is 1.25 bits per heavy atom. The lowest BCUT2D eigenvalue weighted by Gasteiger charge is -2.07. The molecule has 1 rings (SSSR count). The number of aryl methyl sites for hydroxylation is 1. The van der Waals surface area contributed by atoms with Crippen molar-refractivity contribution in [3.05, 3.63) is 35.4 Å². The fraction of sp³-hybridized carbons (Fsp3) is 0.462. The van der Waals surface area contributed by atoms with Crippen LogP contribution in [-0.2, 0) is 22.5 Å². The molecule has 1 aromatic carbocycles. The minimum Gasteiger partial charge on any atom is -0.463 e. The van der Waals surface area contributed by atoms with Gasteiger partial charge in [0.25, 0.3) is 0 Å². The van der Waals surface area contributed by atoms with Crippen LogP contribution in [0.5, 0.6) is 0 Å². The highest BCUT2D eigenvalue weighted by Gasteiger charge is 2.05. The van der Waals surface area contributed by atoms with Crippen molar-refractivity contribution in [2.75, 3.05) is 0 Å². The molecule has 0 atom stereocenters. The van der Waals surface area contributed by atoms with Gasteiger partial charge in [-0.15, -0.1) is 0 Å². The molecule has 88 valence electrons. The third-order valence-corrected chi connectivity index (χ3v) is 2.24. The van der Waals surface area contributed by atoms with Gasteiger partial charge >= 0.3 is 5.97 Å². The van der Waals surface area contributed by atoms with Crippen LogP contribution >= 0.6 is 0 Å². The zero-order valence-corrected chi connectivity index (χ0v) is 9.90. The highest BCUT2D eigenvalue weighted by Crippen LogP contribution is 2.07. The second-order valence-corrected chi connectivity index (χ2v) is 4.06. The summed E-state index contributed by atoms with van der Waals surface area (Å²) in [5, 5.41) is 0. The van der Waals surface area contributed by atoms with Crippen molar-refractivity contribution in [3.63, 3.8) is 0 Å². The smallest absolute Gasteiger partial charge is 0.306 e. The van der Waals surface area contributed by atoms with Gasteiger partial charge in [0.15, 0.2) is 0 Å². The van der Waals surface area contributed by atoms with E-state index < -0.39 is 0 Å². The number of carbonyl (C=O) groups excluding carboxylic acids is 1. The average molecular weight is 221 g/mol. The van der Waals surface area contributed by atoms with Gasteiger partial charge < -0.3 is 10.5 Å². The van der Waals surface area contributed by atoms with E-state index in [1.54, 1.807) is 0 Å². The number of hydrogen-bond donors (Lipinski definition) is 1. The van der Waals surface area contributed by atoms with Crippen molar-refractivity contribution < 1.29 is 9.53 Å². The van der Waals surface area contributed by atoms with Gasteiger partial charge in [-0.3, -0.25) is 4.79 Å². The molecule has 0 aliphatic heterocycles. The molecule has 0 saturated heterocycles. The molecule has 0 fully saturated rings. The maximum absolute atomic E-state index is 11.3. The van der Waals surface area contributed by atoms with Crippen molar-refractivity contribution in [1.29, 1.82) is 0 Å². The molecule has 0 unspecified atom stereocenters. The Morgan fingerprint density at radius 2 is 1.81 bits per heavy atom. The maximum atomic E-state index is 11.3. The number of esters is 1. The van der Waals surface area contributed by atoms with Crippen molar-refractivity contribution >= 4 is 5.97 Å². The lowest BCUT2D eigenvalue weighted by Crippen LogP contribution is -2.11. The van der Waals surface area contributed by atoms with Gasteiger partial charge in [-0.25, -0.2) is 0 Å². The Hall–Kier alpha value is -1.35. The van der Waals surface area contributed by atoms with Gasteiger partial charge in [0.05, 0.1) is 6.10 Å². The summed E-state index contributed by atoms with van der Waals surface area (Å²) in [5.41, 5.74) is 7.74. The first-order chi connectivity index (χ1) is 7.61. The van der Waals surface area contributed by atoms with E-state index in [0.717, 1.165) is 17.5 Å². The van der Waals surface area contributed by atoms with Crippen LogP contribution in [0.2, 0.25) is 0 Å². The van der Waals surface area contributed by atoms with Crippen LogP contribution in [0.4, 0.5) is 0 Å². The standard InChI is InChI=1S/C13H19NO2/c1-10(2)16-13(15)8-7-11-3-5-12(9-14)6-4-11/h3-6,10H,7-9,14H2,1-2H3. The summed E-state index contributed by atoms with van der Waals surface area (Å²) in [5.74, 6) is -0.141. The summed E-state index contributed by atoms with van der Waals surface area (Å²) in [7, 11) is 0. The molecule has 3 heteroatoms. The van der Waals surface area contributed by atoms with Gasteiger partial charge in [-0.1, -0.05) is 24.3 Å². The van der Waals surface area contributed by atoms with Gasteiger partial charge in [0.2, 0.25) is 0 Å². The molecule has 16 heavy (non-hydrogen) atoms. The number of rotatable bonds is 5. The molecule has 0 spiro atoms. The molecule has 0 radical (unpaired) electrons. The summed E-state index contributed by atoms with van der Waals surface area (Å²) in [6, 6.07) is 7.99. The molecule has 3 nitrogen and oxygen atoms in total. The second kappa shape index (κ2) is 6.28. The Morgan fingerprint density at radius 3 is 2.31 bits per heavy atom. The third-order valence-electron chi connectivity index (χ3n) is 2.24. The molecule has 0 saturated carbocycles. The van der Waals surface area contributed by atoms with Gasteiger partial charge in [0.1, 0.15) is 0 Å². The van der Waals surface area contributed by atoms with E-state index in [4.69, 9.17) is 10.5 Å². The van der Waals surface area contributed by atoms with Crippen molar-refractivity contribution in [2.24, 2.45) is 5.73 Å². The van der Waals surface area contributed by atoms with Crippen LogP contribution in [0.25, 0.3) is 0 Å². The molecule has 0 aromatic heterocycles. The summed E-state index contributed by atoms with van der Waals surface area (Å²) >= 11 is 0. The Kier molecular flexibility index (Phi) is 4.99. The molecule has 0 bridgehead atoms. The van der Waals surface area contributed by atoms with Gasteiger partial charge in [-0.2, -0.15) is 0 Å². The van der Waals surface area contributed by atoms with Crippen molar-refractivity contribution in [1.82, 2.24) is 0 Å². The zero-order valence-electron chi connectivity index (χ0n) is 9.90. The van der Waals surface area contributed by atoms with Crippen LogP contribution < -0.4 is 5.73 Å². The van der Waals surface area contributed by atoms with E-state index in [-0.39, 0.29) is 12.1 Å².